The maximum absolute atomic E-state index is 12.1. The van der Waals surface area contributed by atoms with Crippen molar-refractivity contribution in [3.63, 3.8) is 0 Å². The molecular formula is C12H15N3O2. The normalized spacial score (nSPS) is 14.0. The van der Waals surface area contributed by atoms with Crippen LogP contribution in [0.25, 0.3) is 0 Å². The standard InChI is InChI=1S/C12H15N3O2/c1-13-7-5-6-8(14(2)3)10-9(7)11(16)15(4)12(10)17/h5-6,13H,1-4H3. The number of amides is 2. The summed E-state index contributed by atoms with van der Waals surface area (Å²) in [5.41, 5.74) is 2.40. The van der Waals surface area contributed by atoms with Crippen LogP contribution in [-0.4, -0.2) is 44.9 Å². The van der Waals surface area contributed by atoms with Crippen LogP contribution in [0, 0.1) is 0 Å². The Labute approximate surface area is 100 Å². The van der Waals surface area contributed by atoms with Gasteiger partial charge < -0.3 is 10.2 Å². The number of nitrogens with zero attached hydrogens (tertiary/aromatic N) is 2. The Bertz CT molecular complexity index is 509. The molecule has 0 bridgehead atoms. The number of imide groups is 1. The van der Waals surface area contributed by atoms with Gasteiger partial charge in [-0.1, -0.05) is 0 Å². The van der Waals surface area contributed by atoms with Gasteiger partial charge in [0, 0.05) is 39.6 Å². The lowest BCUT2D eigenvalue weighted by Gasteiger charge is -2.16. The van der Waals surface area contributed by atoms with Gasteiger partial charge in [-0.05, 0) is 12.1 Å². The second kappa shape index (κ2) is 3.76. The van der Waals surface area contributed by atoms with Gasteiger partial charge in [0.2, 0.25) is 0 Å². The van der Waals surface area contributed by atoms with Crippen LogP contribution in [0.3, 0.4) is 0 Å². The Kier molecular flexibility index (Phi) is 2.53. The van der Waals surface area contributed by atoms with E-state index in [2.05, 4.69) is 5.32 Å². The van der Waals surface area contributed by atoms with E-state index in [-0.39, 0.29) is 11.8 Å². The quantitative estimate of drug-likeness (QED) is 0.775. The highest BCUT2D eigenvalue weighted by atomic mass is 16.2. The summed E-state index contributed by atoms with van der Waals surface area (Å²) in [5.74, 6) is -0.496. The Balaban J connectivity index is 2.76. The van der Waals surface area contributed by atoms with Crippen LogP contribution >= 0.6 is 0 Å². The minimum Gasteiger partial charge on any atom is -0.387 e. The molecule has 0 unspecified atom stereocenters. The molecule has 17 heavy (non-hydrogen) atoms. The fourth-order valence-electron chi connectivity index (χ4n) is 2.04. The molecule has 5 heteroatoms. The van der Waals surface area contributed by atoms with Crippen LogP contribution < -0.4 is 10.2 Å². The summed E-state index contributed by atoms with van der Waals surface area (Å²) < 4.78 is 0. The molecule has 90 valence electrons. The van der Waals surface area contributed by atoms with Gasteiger partial charge in [-0.15, -0.1) is 0 Å². The summed E-state index contributed by atoms with van der Waals surface area (Å²) in [6, 6.07) is 3.66. The third-order valence-corrected chi connectivity index (χ3v) is 2.97. The number of hydrogen-bond donors (Lipinski definition) is 1. The minimum atomic E-state index is -0.252. The number of rotatable bonds is 2. The van der Waals surface area contributed by atoms with Crippen molar-refractivity contribution in [2.24, 2.45) is 0 Å². The van der Waals surface area contributed by atoms with E-state index in [1.54, 1.807) is 7.05 Å². The number of carbonyl (C=O) groups is 2. The van der Waals surface area contributed by atoms with Gasteiger partial charge in [-0.3, -0.25) is 14.5 Å². The number of nitrogens with one attached hydrogen (secondary N) is 1. The molecule has 0 aromatic heterocycles. The highest BCUT2D eigenvalue weighted by molar-refractivity contribution is 6.25. The zero-order valence-electron chi connectivity index (χ0n) is 10.4. The van der Waals surface area contributed by atoms with Crippen molar-refractivity contribution in [2.75, 3.05) is 38.4 Å². The van der Waals surface area contributed by atoms with Crippen LogP contribution in [0.5, 0.6) is 0 Å². The van der Waals surface area contributed by atoms with Gasteiger partial charge in [0.25, 0.3) is 11.8 Å². The predicted molar refractivity (Wildman–Crippen MR) is 66.7 cm³/mol. The Hall–Kier alpha value is -2.04. The van der Waals surface area contributed by atoms with Gasteiger partial charge in [0.05, 0.1) is 11.1 Å². The van der Waals surface area contributed by atoms with E-state index in [1.165, 1.54) is 7.05 Å². The molecule has 0 fully saturated rings. The first-order valence-electron chi connectivity index (χ1n) is 5.33. The zero-order chi connectivity index (χ0) is 12.7. The first-order chi connectivity index (χ1) is 7.99. The number of anilines is 2. The van der Waals surface area contributed by atoms with Crippen molar-refractivity contribution in [3.05, 3.63) is 23.3 Å². The zero-order valence-corrected chi connectivity index (χ0v) is 10.4. The molecular weight excluding hydrogens is 218 g/mol. The number of carbonyl (C=O) groups excluding carboxylic acids is 2. The van der Waals surface area contributed by atoms with Gasteiger partial charge in [0.15, 0.2) is 0 Å². The smallest absolute Gasteiger partial charge is 0.263 e. The van der Waals surface area contributed by atoms with Crippen LogP contribution in [0.15, 0.2) is 12.1 Å². The van der Waals surface area contributed by atoms with Gasteiger partial charge in [0.1, 0.15) is 0 Å². The molecule has 2 rings (SSSR count). The van der Waals surface area contributed by atoms with E-state index in [9.17, 15) is 9.59 Å². The maximum atomic E-state index is 12.1. The van der Waals surface area contributed by atoms with Gasteiger partial charge in [-0.2, -0.15) is 0 Å². The lowest BCUT2D eigenvalue weighted by Crippen LogP contribution is -2.25. The molecule has 1 aliphatic rings. The molecule has 1 heterocycles. The van der Waals surface area contributed by atoms with Crippen LogP contribution in [-0.2, 0) is 0 Å². The van der Waals surface area contributed by atoms with Crippen molar-refractivity contribution >= 4 is 23.2 Å². The van der Waals surface area contributed by atoms with E-state index in [0.29, 0.717) is 16.8 Å². The molecule has 0 radical (unpaired) electrons. The molecule has 1 aromatic rings. The summed E-state index contributed by atoms with van der Waals surface area (Å²) >= 11 is 0. The molecule has 1 N–H and O–H groups in total. The summed E-state index contributed by atoms with van der Waals surface area (Å²) in [4.78, 5) is 27.0. The lowest BCUT2D eigenvalue weighted by atomic mass is 10.0. The highest BCUT2D eigenvalue weighted by Gasteiger charge is 2.37. The van der Waals surface area contributed by atoms with E-state index < -0.39 is 0 Å². The Morgan fingerprint density at radius 1 is 1.12 bits per heavy atom. The SMILES string of the molecule is CNc1ccc(N(C)C)c2c1C(=O)N(C)C2=O. The highest BCUT2D eigenvalue weighted by Crippen LogP contribution is 2.35. The average Bonchev–Trinajstić information content (AvgIpc) is 2.54. The van der Waals surface area contributed by atoms with Gasteiger partial charge in [-0.25, -0.2) is 0 Å². The average molecular weight is 233 g/mol. The van der Waals surface area contributed by atoms with Crippen molar-refractivity contribution in [1.29, 1.82) is 0 Å². The summed E-state index contributed by atoms with van der Waals surface area (Å²) in [6.07, 6.45) is 0. The van der Waals surface area contributed by atoms with E-state index in [1.807, 2.05) is 31.1 Å². The Morgan fingerprint density at radius 2 is 1.71 bits per heavy atom. The molecule has 1 aliphatic heterocycles. The molecule has 0 aliphatic carbocycles. The first kappa shape index (κ1) is 11.4. The fourth-order valence-corrected chi connectivity index (χ4v) is 2.04. The second-order valence-corrected chi connectivity index (χ2v) is 4.20. The predicted octanol–water partition coefficient (Wildman–Crippen LogP) is 1.02. The summed E-state index contributed by atoms with van der Waals surface area (Å²) in [7, 11) is 6.94. The van der Waals surface area contributed by atoms with Crippen molar-refractivity contribution < 1.29 is 9.59 Å². The molecule has 1 aromatic carbocycles. The first-order valence-corrected chi connectivity index (χ1v) is 5.33. The van der Waals surface area contributed by atoms with Crippen molar-refractivity contribution in [3.8, 4) is 0 Å². The van der Waals surface area contributed by atoms with E-state index >= 15 is 0 Å². The van der Waals surface area contributed by atoms with Crippen LogP contribution in [0.2, 0.25) is 0 Å². The molecule has 0 atom stereocenters. The molecule has 0 saturated heterocycles. The molecule has 0 spiro atoms. The maximum Gasteiger partial charge on any atom is 0.263 e. The van der Waals surface area contributed by atoms with Crippen LogP contribution in [0.1, 0.15) is 20.7 Å². The van der Waals surface area contributed by atoms with Crippen molar-refractivity contribution in [2.45, 2.75) is 0 Å². The molecule has 2 amide bonds. The molecule has 5 nitrogen and oxygen atoms in total. The lowest BCUT2D eigenvalue weighted by molar-refractivity contribution is 0.0693. The van der Waals surface area contributed by atoms with Crippen LogP contribution in [0.4, 0.5) is 11.4 Å². The summed E-state index contributed by atoms with van der Waals surface area (Å²) in [5, 5.41) is 2.95. The topological polar surface area (TPSA) is 52.7 Å². The monoisotopic (exact) mass is 233 g/mol. The summed E-state index contributed by atoms with van der Waals surface area (Å²) in [6.45, 7) is 0. The fraction of sp³-hybridized carbons (Fsp3) is 0.333. The van der Waals surface area contributed by atoms with E-state index in [4.69, 9.17) is 0 Å². The molecule has 0 saturated carbocycles. The largest absolute Gasteiger partial charge is 0.387 e. The number of benzene rings is 1. The third kappa shape index (κ3) is 1.46. The number of fused-ring (bicyclic) bond motifs is 1. The Morgan fingerprint density at radius 3 is 2.24 bits per heavy atom. The third-order valence-electron chi connectivity index (χ3n) is 2.97. The second-order valence-electron chi connectivity index (χ2n) is 4.20. The number of hydrogen-bond acceptors (Lipinski definition) is 4. The van der Waals surface area contributed by atoms with Gasteiger partial charge >= 0.3 is 0 Å². The van der Waals surface area contributed by atoms with E-state index in [0.717, 1.165) is 10.6 Å². The van der Waals surface area contributed by atoms with Crippen molar-refractivity contribution in [1.82, 2.24) is 4.90 Å². The minimum absolute atomic E-state index is 0.245.